The highest BCUT2D eigenvalue weighted by molar-refractivity contribution is 8.00. The third kappa shape index (κ3) is 4.57. The number of hydrogen-bond acceptors (Lipinski definition) is 5. The van der Waals surface area contributed by atoms with Crippen LogP contribution in [-0.4, -0.2) is 28.5 Å². The van der Waals surface area contributed by atoms with Crippen molar-refractivity contribution in [2.24, 2.45) is 0 Å². The number of ketones is 1. The lowest BCUT2D eigenvalue weighted by atomic mass is 10.1. The van der Waals surface area contributed by atoms with Gasteiger partial charge in [-0.2, -0.15) is 5.26 Å². The fourth-order valence-corrected chi connectivity index (χ4v) is 2.67. The minimum Gasteiger partial charge on any atom is -0.355 e. The highest BCUT2D eigenvalue weighted by Gasteiger charge is 2.19. The number of aromatic nitrogens is 1. The van der Waals surface area contributed by atoms with Gasteiger partial charge >= 0.3 is 0 Å². The first kappa shape index (κ1) is 17.2. The quantitative estimate of drug-likeness (QED) is 0.645. The Kier molecular flexibility index (Phi) is 6.38. The summed E-state index contributed by atoms with van der Waals surface area (Å²) in [6.45, 7) is 7.55. The van der Waals surface area contributed by atoms with E-state index < -0.39 is 0 Å². The van der Waals surface area contributed by atoms with Gasteiger partial charge in [-0.15, -0.1) is 0 Å². The van der Waals surface area contributed by atoms with Gasteiger partial charge in [-0.1, -0.05) is 18.7 Å². The normalized spacial score (nSPS) is 11.6. The molecule has 1 aromatic heterocycles. The number of rotatable bonds is 6. The number of pyridine rings is 1. The second-order valence-electron chi connectivity index (χ2n) is 4.69. The van der Waals surface area contributed by atoms with Crippen LogP contribution in [0.15, 0.2) is 11.1 Å². The van der Waals surface area contributed by atoms with Crippen molar-refractivity contribution in [2.75, 3.05) is 6.54 Å². The molecule has 0 spiro atoms. The fourth-order valence-electron chi connectivity index (χ4n) is 1.72. The Balaban J connectivity index is 2.98. The summed E-state index contributed by atoms with van der Waals surface area (Å²) in [5.41, 5.74) is 1.34. The van der Waals surface area contributed by atoms with Crippen LogP contribution in [0.4, 0.5) is 0 Å². The molecule has 0 unspecified atom stereocenters. The van der Waals surface area contributed by atoms with Crippen molar-refractivity contribution < 1.29 is 9.59 Å². The number of aryl methyl sites for hydroxylation is 1. The molecule has 0 radical (unpaired) electrons. The summed E-state index contributed by atoms with van der Waals surface area (Å²) in [5.74, 6) is -0.206. The molecule has 0 aliphatic heterocycles. The highest BCUT2D eigenvalue weighted by Crippen LogP contribution is 2.26. The zero-order valence-corrected chi connectivity index (χ0v) is 13.5. The van der Waals surface area contributed by atoms with E-state index in [1.807, 2.05) is 13.0 Å². The molecule has 0 aliphatic rings. The van der Waals surface area contributed by atoms with Crippen molar-refractivity contribution in [2.45, 2.75) is 44.4 Å². The van der Waals surface area contributed by atoms with Crippen LogP contribution >= 0.6 is 11.8 Å². The minimum absolute atomic E-state index is 0.0826. The molecule has 21 heavy (non-hydrogen) atoms. The molecule has 1 heterocycles. The predicted octanol–water partition coefficient (Wildman–Crippen LogP) is 2.47. The van der Waals surface area contributed by atoms with Gasteiger partial charge < -0.3 is 5.32 Å². The monoisotopic (exact) mass is 305 g/mol. The van der Waals surface area contributed by atoms with Gasteiger partial charge in [-0.25, -0.2) is 4.98 Å². The summed E-state index contributed by atoms with van der Waals surface area (Å²) in [4.78, 5) is 27.7. The van der Waals surface area contributed by atoms with Crippen LogP contribution < -0.4 is 5.32 Å². The largest absolute Gasteiger partial charge is 0.355 e. The lowest BCUT2D eigenvalue weighted by molar-refractivity contribution is -0.120. The van der Waals surface area contributed by atoms with Gasteiger partial charge in [0.1, 0.15) is 11.1 Å². The van der Waals surface area contributed by atoms with E-state index in [9.17, 15) is 14.9 Å². The minimum atomic E-state index is -0.348. The third-order valence-electron chi connectivity index (χ3n) is 2.88. The Morgan fingerprint density at radius 3 is 2.71 bits per heavy atom. The van der Waals surface area contributed by atoms with Gasteiger partial charge in [0.05, 0.1) is 10.8 Å². The van der Waals surface area contributed by atoms with Gasteiger partial charge in [0.15, 0.2) is 5.78 Å². The Bertz CT molecular complexity index is 593. The van der Waals surface area contributed by atoms with Crippen molar-refractivity contribution in [3.63, 3.8) is 0 Å². The summed E-state index contributed by atoms with van der Waals surface area (Å²) in [5, 5.41) is 12.1. The molecular weight excluding hydrogens is 286 g/mol. The maximum absolute atomic E-state index is 11.9. The Morgan fingerprint density at radius 2 is 2.19 bits per heavy atom. The molecule has 0 bridgehead atoms. The molecule has 1 amide bonds. The summed E-state index contributed by atoms with van der Waals surface area (Å²) in [7, 11) is 0. The number of nitrogens with zero attached hydrogens (tertiary/aromatic N) is 2. The van der Waals surface area contributed by atoms with Crippen LogP contribution in [0.2, 0.25) is 0 Å². The number of nitriles is 1. The lowest BCUT2D eigenvalue weighted by Gasteiger charge is -2.13. The van der Waals surface area contributed by atoms with Gasteiger partial charge in [-0.3, -0.25) is 9.59 Å². The number of Topliss-reactive ketones (excluding diaryl/α,β-unsaturated/α-hetero) is 1. The standard InChI is InChI=1S/C15H19N3O2S/c1-5-6-17-14(20)11(4)21-15-12(8-16)7-13(10(3)19)9(2)18-15/h7,11H,5-6H2,1-4H3,(H,17,20)/t11-/m1/s1. The molecular formula is C15H19N3O2S. The average molecular weight is 305 g/mol. The van der Waals surface area contributed by atoms with E-state index in [0.717, 1.165) is 6.42 Å². The molecule has 0 aliphatic carbocycles. The Labute approximate surface area is 129 Å². The van der Waals surface area contributed by atoms with E-state index in [1.165, 1.54) is 18.7 Å². The second kappa shape index (κ2) is 7.79. The first-order chi connectivity index (χ1) is 9.90. The second-order valence-corrected chi connectivity index (χ2v) is 6.02. The van der Waals surface area contributed by atoms with E-state index in [2.05, 4.69) is 10.3 Å². The molecule has 1 aromatic rings. The van der Waals surface area contributed by atoms with Crippen molar-refractivity contribution >= 4 is 23.5 Å². The van der Waals surface area contributed by atoms with Crippen LogP contribution in [0.1, 0.15) is 48.8 Å². The Hall–Kier alpha value is -1.87. The molecule has 1 rings (SSSR count). The molecule has 0 saturated heterocycles. The van der Waals surface area contributed by atoms with Gasteiger partial charge in [0.2, 0.25) is 5.91 Å². The molecule has 1 N–H and O–H groups in total. The lowest BCUT2D eigenvalue weighted by Crippen LogP contribution is -2.31. The Morgan fingerprint density at radius 1 is 1.52 bits per heavy atom. The van der Waals surface area contributed by atoms with E-state index in [-0.39, 0.29) is 16.9 Å². The number of nitrogens with one attached hydrogen (secondary N) is 1. The first-order valence-electron chi connectivity index (χ1n) is 6.77. The molecule has 0 saturated carbocycles. The van der Waals surface area contributed by atoms with E-state index >= 15 is 0 Å². The predicted molar refractivity (Wildman–Crippen MR) is 82.3 cm³/mol. The van der Waals surface area contributed by atoms with Crippen LogP contribution in [0.3, 0.4) is 0 Å². The topological polar surface area (TPSA) is 82.8 Å². The molecule has 0 fully saturated rings. The number of amides is 1. The van der Waals surface area contributed by atoms with E-state index in [1.54, 1.807) is 19.9 Å². The molecule has 5 nitrogen and oxygen atoms in total. The highest BCUT2D eigenvalue weighted by atomic mass is 32.2. The molecule has 6 heteroatoms. The molecule has 112 valence electrons. The van der Waals surface area contributed by atoms with Gasteiger partial charge in [0, 0.05) is 17.8 Å². The zero-order valence-electron chi connectivity index (χ0n) is 12.7. The average Bonchev–Trinajstić information content (AvgIpc) is 2.44. The third-order valence-corrected chi connectivity index (χ3v) is 3.99. The SMILES string of the molecule is CCCNC(=O)[C@@H](C)Sc1nc(C)c(C(C)=O)cc1C#N. The van der Waals surface area contributed by atoms with Crippen LogP contribution in [-0.2, 0) is 4.79 Å². The van der Waals surface area contributed by atoms with Crippen molar-refractivity contribution in [3.05, 3.63) is 22.9 Å². The van der Waals surface area contributed by atoms with Crippen molar-refractivity contribution in [1.29, 1.82) is 5.26 Å². The van der Waals surface area contributed by atoms with Gasteiger partial charge in [-0.05, 0) is 33.3 Å². The number of carbonyl (C=O) groups excluding carboxylic acids is 2. The van der Waals surface area contributed by atoms with Gasteiger partial charge in [0.25, 0.3) is 0 Å². The number of carbonyl (C=O) groups is 2. The summed E-state index contributed by atoms with van der Waals surface area (Å²) < 4.78 is 0. The van der Waals surface area contributed by atoms with E-state index in [0.29, 0.717) is 28.4 Å². The molecule has 1 atom stereocenters. The summed E-state index contributed by atoms with van der Waals surface area (Å²) in [6.07, 6.45) is 0.872. The van der Waals surface area contributed by atoms with Crippen LogP contribution in [0.5, 0.6) is 0 Å². The fraction of sp³-hybridized carbons (Fsp3) is 0.467. The van der Waals surface area contributed by atoms with E-state index in [4.69, 9.17) is 0 Å². The maximum atomic E-state index is 11.9. The maximum Gasteiger partial charge on any atom is 0.233 e. The molecule has 0 aromatic carbocycles. The number of hydrogen-bond donors (Lipinski definition) is 1. The van der Waals surface area contributed by atoms with Crippen molar-refractivity contribution in [3.8, 4) is 6.07 Å². The number of thioether (sulfide) groups is 1. The van der Waals surface area contributed by atoms with Crippen molar-refractivity contribution in [1.82, 2.24) is 10.3 Å². The van der Waals surface area contributed by atoms with Crippen LogP contribution in [0.25, 0.3) is 0 Å². The van der Waals surface area contributed by atoms with Crippen LogP contribution in [0, 0.1) is 18.3 Å². The first-order valence-corrected chi connectivity index (χ1v) is 7.65. The smallest absolute Gasteiger partial charge is 0.233 e. The summed E-state index contributed by atoms with van der Waals surface area (Å²) in [6, 6.07) is 3.58. The summed E-state index contributed by atoms with van der Waals surface area (Å²) >= 11 is 1.23. The zero-order chi connectivity index (χ0) is 16.0.